The van der Waals surface area contributed by atoms with Crippen molar-refractivity contribution in [1.82, 2.24) is 9.78 Å². The van der Waals surface area contributed by atoms with Crippen molar-refractivity contribution in [2.24, 2.45) is 0 Å². The van der Waals surface area contributed by atoms with Gasteiger partial charge in [-0.25, -0.2) is 17.9 Å². The van der Waals surface area contributed by atoms with Crippen molar-refractivity contribution < 1.29 is 22.7 Å². The number of carbonyl (C=O) groups excluding carboxylic acids is 2. The molecule has 0 spiro atoms. The molecule has 1 aliphatic heterocycles. The second-order valence-electron chi connectivity index (χ2n) is 7.12. The number of fused-ring (bicyclic) bond motifs is 1. The Labute approximate surface area is 183 Å². The number of benzene rings is 1. The Bertz CT molecular complexity index is 1230. The van der Waals surface area contributed by atoms with E-state index in [1.165, 1.54) is 0 Å². The summed E-state index contributed by atoms with van der Waals surface area (Å²) in [4.78, 5) is 25.8. The van der Waals surface area contributed by atoms with E-state index in [4.69, 9.17) is 4.74 Å². The molecule has 0 aliphatic carbocycles. The number of hydrogen-bond donors (Lipinski definition) is 1. The lowest BCUT2D eigenvalue weighted by atomic mass is 10.1. The van der Waals surface area contributed by atoms with E-state index < -0.39 is 15.8 Å². The van der Waals surface area contributed by atoms with Crippen LogP contribution in [0.3, 0.4) is 0 Å². The fourth-order valence-electron chi connectivity index (χ4n) is 3.46. The molecule has 3 aromatic rings. The van der Waals surface area contributed by atoms with Gasteiger partial charge in [0, 0.05) is 11.1 Å². The molecule has 162 valence electrons. The number of amides is 1. The van der Waals surface area contributed by atoms with Gasteiger partial charge in [0.1, 0.15) is 5.00 Å². The number of aromatic nitrogens is 2. The monoisotopic (exact) mass is 459 g/mol. The van der Waals surface area contributed by atoms with Gasteiger partial charge in [-0.05, 0) is 36.6 Å². The van der Waals surface area contributed by atoms with E-state index in [1.54, 1.807) is 24.0 Å². The minimum absolute atomic E-state index is 0.0187. The van der Waals surface area contributed by atoms with Crippen LogP contribution in [-0.2, 0) is 38.0 Å². The fraction of sp³-hybridized carbons (Fsp3) is 0.286. The van der Waals surface area contributed by atoms with Gasteiger partial charge in [-0.15, -0.1) is 11.3 Å². The maximum absolute atomic E-state index is 12.7. The molecule has 0 bridgehead atoms. The zero-order chi connectivity index (χ0) is 22.0. The predicted octanol–water partition coefficient (Wildman–Crippen LogP) is 2.76. The van der Waals surface area contributed by atoms with Crippen LogP contribution in [0.25, 0.3) is 5.69 Å². The number of hydrogen-bond acceptors (Lipinski definition) is 7. The molecular weight excluding hydrogens is 438 g/mol. The molecule has 31 heavy (non-hydrogen) atoms. The Balaban J connectivity index is 1.55. The summed E-state index contributed by atoms with van der Waals surface area (Å²) in [5, 5.41) is 7.40. The van der Waals surface area contributed by atoms with Crippen molar-refractivity contribution in [1.29, 1.82) is 0 Å². The summed E-state index contributed by atoms with van der Waals surface area (Å²) in [5.41, 5.74) is 2.52. The first-order chi connectivity index (χ1) is 14.9. The smallest absolute Gasteiger partial charge is 0.341 e. The van der Waals surface area contributed by atoms with Crippen LogP contribution in [-0.4, -0.2) is 42.4 Å². The summed E-state index contributed by atoms with van der Waals surface area (Å²) in [6.07, 6.45) is 3.69. The lowest BCUT2D eigenvalue weighted by molar-refractivity contribution is -0.115. The van der Waals surface area contributed by atoms with Crippen LogP contribution in [0.15, 0.2) is 42.7 Å². The van der Waals surface area contributed by atoms with Crippen LogP contribution in [0.4, 0.5) is 5.00 Å². The number of carbonyl (C=O) groups is 2. The van der Waals surface area contributed by atoms with Crippen molar-refractivity contribution in [3.63, 3.8) is 0 Å². The van der Waals surface area contributed by atoms with E-state index in [0.717, 1.165) is 17.0 Å². The number of rotatable bonds is 6. The predicted molar refractivity (Wildman–Crippen MR) is 117 cm³/mol. The second-order valence-corrected chi connectivity index (χ2v) is 10.4. The first kappa shape index (κ1) is 21.3. The van der Waals surface area contributed by atoms with E-state index in [1.807, 2.05) is 30.3 Å². The zero-order valence-electron chi connectivity index (χ0n) is 16.8. The maximum Gasteiger partial charge on any atom is 0.341 e. The van der Waals surface area contributed by atoms with Crippen molar-refractivity contribution in [2.75, 3.05) is 17.7 Å². The third-order valence-electron chi connectivity index (χ3n) is 4.86. The van der Waals surface area contributed by atoms with Crippen LogP contribution < -0.4 is 5.32 Å². The third kappa shape index (κ3) is 4.70. The number of nitrogens with zero attached hydrogens (tertiary/aromatic N) is 2. The Morgan fingerprint density at radius 2 is 2.03 bits per heavy atom. The minimum Gasteiger partial charge on any atom is -0.462 e. The maximum atomic E-state index is 12.7. The average Bonchev–Trinajstić information content (AvgIpc) is 3.32. The molecule has 0 saturated carbocycles. The lowest BCUT2D eigenvalue weighted by Gasteiger charge is -2.13. The van der Waals surface area contributed by atoms with E-state index >= 15 is 0 Å². The highest BCUT2D eigenvalue weighted by Gasteiger charge is 2.32. The SMILES string of the molecule is CCOC(=O)c1c(NC(=O)Cc2cnn(-c3ccccc3)c2)sc2c1CCS(=O)(=O)C2. The first-order valence-corrected chi connectivity index (χ1v) is 12.4. The van der Waals surface area contributed by atoms with Crippen LogP contribution in [0, 0.1) is 0 Å². The number of para-hydroxylation sites is 1. The normalized spacial score (nSPS) is 14.6. The molecule has 0 unspecified atom stereocenters. The van der Waals surface area contributed by atoms with Crippen molar-refractivity contribution in [3.8, 4) is 5.69 Å². The molecule has 0 atom stereocenters. The van der Waals surface area contributed by atoms with E-state index in [2.05, 4.69) is 10.4 Å². The zero-order valence-corrected chi connectivity index (χ0v) is 18.5. The Morgan fingerprint density at radius 1 is 1.26 bits per heavy atom. The molecule has 1 amide bonds. The summed E-state index contributed by atoms with van der Waals surface area (Å²) in [6.45, 7) is 1.89. The van der Waals surface area contributed by atoms with Gasteiger partial charge in [0.2, 0.25) is 5.91 Å². The van der Waals surface area contributed by atoms with E-state index in [0.29, 0.717) is 21.0 Å². The van der Waals surface area contributed by atoms with Crippen LogP contribution in [0.5, 0.6) is 0 Å². The Kier molecular flexibility index (Phi) is 5.92. The quantitative estimate of drug-likeness (QED) is 0.568. The van der Waals surface area contributed by atoms with Gasteiger partial charge in [0.15, 0.2) is 9.84 Å². The van der Waals surface area contributed by atoms with Crippen molar-refractivity contribution in [2.45, 2.75) is 25.5 Å². The third-order valence-corrected chi connectivity index (χ3v) is 7.74. The summed E-state index contributed by atoms with van der Waals surface area (Å²) in [6, 6.07) is 9.53. The standard InChI is InChI=1S/C21H21N3O5S2/c1-2-29-21(26)19-16-8-9-31(27,28)13-17(16)30-20(19)23-18(25)10-14-11-22-24(12-14)15-6-4-3-5-7-15/h3-7,11-12H,2,8-10,13H2,1H3,(H,23,25). The molecule has 8 nitrogen and oxygen atoms in total. The van der Waals surface area contributed by atoms with Gasteiger partial charge in [-0.1, -0.05) is 18.2 Å². The number of thiophene rings is 1. The van der Waals surface area contributed by atoms with Gasteiger partial charge in [0.25, 0.3) is 0 Å². The molecule has 0 radical (unpaired) electrons. The summed E-state index contributed by atoms with van der Waals surface area (Å²) >= 11 is 1.13. The molecule has 10 heteroatoms. The summed E-state index contributed by atoms with van der Waals surface area (Å²) < 4.78 is 30.8. The van der Waals surface area contributed by atoms with Crippen molar-refractivity contribution >= 4 is 38.1 Å². The minimum atomic E-state index is -3.20. The molecule has 1 aromatic carbocycles. The highest BCUT2D eigenvalue weighted by atomic mass is 32.2. The molecule has 1 aliphatic rings. The number of esters is 1. The van der Waals surface area contributed by atoms with Gasteiger partial charge in [-0.3, -0.25) is 4.79 Å². The number of sulfone groups is 1. The Morgan fingerprint density at radius 3 is 2.77 bits per heavy atom. The van der Waals surface area contributed by atoms with Gasteiger partial charge in [-0.2, -0.15) is 5.10 Å². The van der Waals surface area contributed by atoms with E-state index in [9.17, 15) is 18.0 Å². The van der Waals surface area contributed by atoms with Gasteiger partial charge in [0.05, 0.1) is 42.0 Å². The average molecular weight is 460 g/mol. The molecular formula is C21H21N3O5S2. The molecule has 3 heterocycles. The number of nitrogens with one attached hydrogen (secondary N) is 1. The number of ether oxygens (including phenoxy) is 1. The molecule has 0 fully saturated rings. The molecule has 1 N–H and O–H groups in total. The van der Waals surface area contributed by atoms with Gasteiger partial charge < -0.3 is 10.1 Å². The number of anilines is 1. The topological polar surface area (TPSA) is 107 Å². The van der Waals surface area contributed by atoms with Crippen LogP contribution >= 0.6 is 11.3 Å². The van der Waals surface area contributed by atoms with Gasteiger partial charge >= 0.3 is 5.97 Å². The highest BCUT2D eigenvalue weighted by Crippen LogP contribution is 2.38. The molecule has 4 rings (SSSR count). The van der Waals surface area contributed by atoms with Crippen LogP contribution in [0.1, 0.15) is 33.3 Å². The van der Waals surface area contributed by atoms with Crippen LogP contribution in [0.2, 0.25) is 0 Å². The fourth-order valence-corrected chi connectivity index (χ4v) is 6.51. The highest BCUT2D eigenvalue weighted by molar-refractivity contribution is 7.90. The van der Waals surface area contributed by atoms with Crippen molar-refractivity contribution in [3.05, 3.63) is 64.3 Å². The largest absolute Gasteiger partial charge is 0.462 e. The molecule has 2 aromatic heterocycles. The molecule has 0 saturated heterocycles. The summed E-state index contributed by atoms with van der Waals surface area (Å²) in [5.74, 6) is -1.01. The van der Waals surface area contributed by atoms with E-state index in [-0.39, 0.29) is 42.4 Å². The second kappa shape index (κ2) is 8.64. The first-order valence-electron chi connectivity index (χ1n) is 9.77. The summed E-state index contributed by atoms with van der Waals surface area (Å²) in [7, 11) is -3.20. The Hall–Kier alpha value is -2.98. The lowest BCUT2D eigenvalue weighted by Crippen LogP contribution is -2.20.